The number of aromatic nitrogens is 1. The van der Waals surface area contributed by atoms with Crippen LogP contribution in [0.5, 0.6) is 0 Å². The third-order valence-corrected chi connectivity index (χ3v) is 5.81. The minimum atomic E-state index is -3.59. The van der Waals surface area contributed by atoms with Crippen LogP contribution in [0, 0.1) is 6.92 Å². The van der Waals surface area contributed by atoms with Crippen molar-refractivity contribution in [1.82, 2.24) is 9.29 Å². The zero-order chi connectivity index (χ0) is 13.1. The van der Waals surface area contributed by atoms with E-state index in [0.717, 1.165) is 0 Å². The molecular formula is C9H16N2O4S2. The summed E-state index contributed by atoms with van der Waals surface area (Å²) >= 11 is 0.717. The van der Waals surface area contributed by atoms with Crippen molar-refractivity contribution in [1.29, 1.82) is 0 Å². The molecule has 0 fully saturated rings. The molecule has 0 aromatic carbocycles. The van der Waals surface area contributed by atoms with Crippen LogP contribution in [0.3, 0.4) is 0 Å². The number of ether oxygens (including phenoxy) is 1. The topological polar surface area (TPSA) is 79.5 Å². The highest BCUT2D eigenvalue weighted by atomic mass is 32.2. The van der Waals surface area contributed by atoms with E-state index < -0.39 is 10.0 Å². The molecule has 0 saturated carbocycles. The van der Waals surface area contributed by atoms with E-state index in [1.165, 1.54) is 11.4 Å². The first-order valence-electron chi connectivity index (χ1n) is 5.12. The van der Waals surface area contributed by atoms with Crippen LogP contribution < -0.4 is 4.87 Å². The summed E-state index contributed by atoms with van der Waals surface area (Å²) in [6.07, 6.45) is 0. The number of rotatable bonds is 6. The van der Waals surface area contributed by atoms with Gasteiger partial charge in [0.05, 0.1) is 6.61 Å². The Kier molecular flexibility index (Phi) is 4.87. The van der Waals surface area contributed by atoms with E-state index in [9.17, 15) is 13.2 Å². The molecule has 6 nitrogen and oxygen atoms in total. The number of methoxy groups -OCH3 is 1. The van der Waals surface area contributed by atoms with E-state index >= 15 is 0 Å². The zero-order valence-electron chi connectivity index (χ0n) is 10.0. The second-order valence-corrected chi connectivity index (χ2v) is 6.53. The Bertz CT molecular complexity index is 517. The molecule has 0 atom stereocenters. The van der Waals surface area contributed by atoms with Crippen LogP contribution in [-0.2, 0) is 14.8 Å². The summed E-state index contributed by atoms with van der Waals surface area (Å²) in [6, 6.07) is 0. The number of hydrogen-bond acceptors (Lipinski definition) is 5. The van der Waals surface area contributed by atoms with Gasteiger partial charge in [0.25, 0.3) is 10.0 Å². The first-order valence-corrected chi connectivity index (χ1v) is 7.38. The first kappa shape index (κ1) is 14.4. The van der Waals surface area contributed by atoms with Gasteiger partial charge >= 0.3 is 4.87 Å². The second-order valence-electron chi connectivity index (χ2n) is 3.42. The Balaban J connectivity index is 3.08. The average Bonchev–Trinajstić information content (AvgIpc) is 2.59. The smallest absolute Gasteiger partial charge is 0.305 e. The highest BCUT2D eigenvalue weighted by Crippen LogP contribution is 2.20. The highest BCUT2D eigenvalue weighted by Gasteiger charge is 2.27. The van der Waals surface area contributed by atoms with E-state index in [1.54, 1.807) is 13.8 Å². The molecule has 1 heterocycles. The molecule has 0 saturated heterocycles. The molecule has 1 rings (SSSR count). The van der Waals surface area contributed by atoms with E-state index in [0.29, 0.717) is 30.2 Å². The molecule has 0 radical (unpaired) electrons. The molecular weight excluding hydrogens is 264 g/mol. The number of H-pyrrole nitrogens is 1. The largest absolute Gasteiger partial charge is 0.383 e. The van der Waals surface area contributed by atoms with Gasteiger partial charge in [-0.25, -0.2) is 8.42 Å². The second kappa shape index (κ2) is 5.76. The maximum atomic E-state index is 12.2. The summed E-state index contributed by atoms with van der Waals surface area (Å²) in [5.41, 5.74) is 0.385. The average molecular weight is 280 g/mol. The van der Waals surface area contributed by atoms with Crippen LogP contribution in [0.15, 0.2) is 9.00 Å². The summed E-state index contributed by atoms with van der Waals surface area (Å²) in [7, 11) is -2.08. The zero-order valence-corrected chi connectivity index (χ0v) is 11.7. The Morgan fingerprint density at radius 1 is 1.47 bits per heavy atom. The summed E-state index contributed by atoms with van der Waals surface area (Å²) < 4.78 is 30.7. The predicted molar refractivity (Wildman–Crippen MR) is 66.0 cm³/mol. The van der Waals surface area contributed by atoms with Gasteiger partial charge in [0.1, 0.15) is 0 Å². The predicted octanol–water partition coefficient (Wildman–Crippen LogP) is 0.402. The lowest BCUT2D eigenvalue weighted by Gasteiger charge is -2.19. The Labute approximate surface area is 104 Å². The maximum absolute atomic E-state index is 12.2. The van der Waals surface area contributed by atoms with E-state index in [1.807, 2.05) is 0 Å². The quantitative estimate of drug-likeness (QED) is 0.818. The molecule has 0 aliphatic heterocycles. The molecule has 1 N–H and O–H groups in total. The molecule has 0 spiro atoms. The summed E-state index contributed by atoms with van der Waals surface area (Å²) in [5.74, 6) is 0. The molecule has 1 aromatic heterocycles. The van der Waals surface area contributed by atoms with E-state index in [4.69, 9.17) is 4.74 Å². The third-order valence-electron chi connectivity index (χ3n) is 2.25. The number of aromatic amines is 1. The van der Waals surface area contributed by atoms with Crippen molar-refractivity contribution >= 4 is 21.4 Å². The van der Waals surface area contributed by atoms with Gasteiger partial charge in [-0.3, -0.25) is 4.79 Å². The van der Waals surface area contributed by atoms with Crippen LogP contribution in [0.4, 0.5) is 0 Å². The van der Waals surface area contributed by atoms with Gasteiger partial charge in [-0.1, -0.05) is 18.3 Å². The fourth-order valence-electron chi connectivity index (χ4n) is 1.40. The van der Waals surface area contributed by atoms with Crippen molar-refractivity contribution in [3.63, 3.8) is 0 Å². The van der Waals surface area contributed by atoms with Crippen molar-refractivity contribution in [2.75, 3.05) is 26.8 Å². The summed E-state index contributed by atoms with van der Waals surface area (Å²) in [6.45, 7) is 4.27. The molecule has 17 heavy (non-hydrogen) atoms. The number of thiazole rings is 1. The molecule has 8 heteroatoms. The lowest BCUT2D eigenvalue weighted by molar-refractivity contribution is 0.180. The van der Waals surface area contributed by atoms with Crippen molar-refractivity contribution in [3.8, 4) is 0 Å². The van der Waals surface area contributed by atoms with E-state index in [2.05, 4.69) is 4.98 Å². The van der Waals surface area contributed by atoms with Crippen molar-refractivity contribution in [2.45, 2.75) is 18.1 Å². The minimum absolute atomic E-state index is 0.0838. The molecule has 0 aliphatic carbocycles. The Morgan fingerprint density at radius 3 is 2.53 bits per heavy atom. The standard InChI is InChI=1S/C9H16N2O4S2/c1-4-11(5-6-15-3)17(13,14)8-7(2)10-9(12)16-8/h4-6H2,1-3H3,(H,10,12). The van der Waals surface area contributed by atoms with Gasteiger partial charge in [-0.05, 0) is 6.92 Å². The van der Waals surface area contributed by atoms with Crippen LogP contribution in [0.25, 0.3) is 0 Å². The van der Waals surface area contributed by atoms with Gasteiger partial charge in [0.15, 0.2) is 4.21 Å². The lowest BCUT2D eigenvalue weighted by Crippen LogP contribution is -2.33. The van der Waals surface area contributed by atoms with Gasteiger partial charge in [-0.15, -0.1) is 0 Å². The van der Waals surface area contributed by atoms with Crippen LogP contribution in [0.1, 0.15) is 12.6 Å². The maximum Gasteiger partial charge on any atom is 0.305 e. The molecule has 1 aromatic rings. The first-order chi connectivity index (χ1) is 7.93. The molecule has 98 valence electrons. The van der Waals surface area contributed by atoms with Crippen molar-refractivity contribution in [3.05, 3.63) is 15.4 Å². The molecule has 0 bridgehead atoms. The lowest BCUT2D eigenvalue weighted by atomic mass is 10.6. The third kappa shape index (κ3) is 3.15. The van der Waals surface area contributed by atoms with Crippen molar-refractivity contribution in [2.24, 2.45) is 0 Å². The van der Waals surface area contributed by atoms with Crippen LogP contribution >= 0.6 is 11.3 Å². The summed E-state index contributed by atoms with van der Waals surface area (Å²) in [5, 5.41) is 0. The normalized spacial score (nSPS) is 12.2. The monoisotopic (exact) mass is 280 g/mol. The number of sulfonamides is 1. The van der Waals surface area contributed by atoms with E-state index in [-0.39, 0.29) is 15.6 Å². The van der Waals surface area contributed by atoms with Crippen molar-refractivity contribution < 1.29 is 13.2 Å². The van der Waals surface area contributed by atoms with Crippen LogP contribution in [0.2, 0.25) is 0 Å². The SMILES string of the molecule is CCN(CCOC)S(=O)(=O)c1sc(=O)[nH]c1C. The van der Waals surface area contributed by atoms with Gasteiger partial charge in [-0.2, -0.15) is 4.31 Å². The fraction of sp³-hybridized carbons (Fsp3) is 0.667. The number of nitrogens with zero attached hydrogens (tertiary/aromatic N) is 1. The van der Waals surface area contributed by atoms with Gasteiger partial charge < -0.3 is 9.72 Å². The summed E-state index contributed by atoms with van der Waals surface area (Å²) in [4.78, 5) is 13.3. The van der Waals surface area contributed by atoms with Gasteiger partial charge in [0, 0.05) is 25.9 Å². The van der Waals surface area contributed by atoms with Crippen LogP contribution in [-0.4, -0.2) is 44.5 Å². The highest BCUT2D eigenvalue weighted by molar-refractivity contribution is 7.91. The number of aryl methyl sites for hydroxylation is 1. The minimum Gasteiger partial charge on any atom is -0.383 e. The molecule has 0 amide bonds. The fourth-order valence-corrected chi connectivity index (χ4v) is 4.26. The van der Waals surface area contributed by atoms with Gasteiger partial charge in [0.2, 0.25) is 0 Å². The Morgan fingerprint density at radius 2 is 2.12 bits per heavy atom. The molecule has 0 aliphatic rings. The number of hydrogen-bond donors (Lipinski definition) is 1. The Hall–Kier alpha value is -0.700. The number of likely N-dealkylation sites (N-methyl/N-ethyl adjacent to an activating group) is 1. The molecule has 0 unspecified atom stereocenters. The number of nitrogens with one attached hydrogen (secondary N) is 1.